The predicted molar refractivity (Wildman–Crippen MR) is 164 cm³/mol. The minimum absolute atomic E-state index is 0. The Kier molecular flexibility index (Phi) is 11.2. The normalized spacial score (nSPS) is 24.1. The van der Waals surface area contributed by atoms with Crippen LogP contribution in [0.25, 0.3) is 10.8 Å². The zero-order valence-corrected chi connectivity index (χ0v) is 25.8. The van der Waals surface area contributed by atoms with Crippen LogP contribution in [0.4, 0.5) is 0 Å². The van der Waals surface area contributed by atoms with Crippen LogP contribution in [0.5, 0.6) is 5.75 Å². The molecule has 0 aromatic heterocycles. The summed E-state index contributed by atoms with van der Waals surface area (Å²) in [7, 11) is -3.60. The van der Waals surface area contributed by atoms with E-state index in [9.17, 15) is 13.5 Å². The van der Waals surface area contributed by atoms with E-state index in [2.05, 4.69) is 47.9 Å². The number of unbranched alkanes of at least 4 members (excludes halogenated alkanes) is 2. The van der Waals surface area contributed by atoms with Crippen molar-refractivity contribution >= 4 is 54.6 Å². The SMILES string of the molecule is Br.Br.CCCCCOc1ccc(S(=O)(=O)[C@H]2[C@H](NCc3ccc4ccccc4c3)[C@@H]3N[C@H]2C[C@H]3CO)cc1. The standard InChI is InChI=1S/C29H36N2O4S.2BrH/c1-2-3-6-15-35-24-11-13-25(14-12-24)36(33,34)29-26-17-23(19-32)27(31-26)28(29)30-18-20-9-10-21-7-4-5-8-22(21)16-20;;/h4-5,7-14,16,23,26-32H,2-3,6,15,17-19H2,1H3;2*1H/t23-,26-,27+,28+,29+;;/m0../s1. The molecular formula is C29H38Br2N2O4S. The summed E-state index contributed by atoms with van der Waals surface area (Å²) in [6.07, 6.45) is 3.90. The maximum atomic E-state index is 13.8. The van der Waals surface area contributed by atoms with Crippen LogP contribution in [-0.4, -0.2) is 50.1 Å². The van der Waals surface area contributed by atoms with Crippen molar-refractivity contribution < 1.29 is 18.3 Å². The Balaban J connectivity index is 0.00000200. The molecule has 2 bridgehead atoms. The van der Waals surface area contributed by atoms with E-state index in [0.717, 1.165) is 30.2 Å². The molecule has 2 fully saturated rings. The largest absolute Gasteiger partial charge is 0.494 e. The molecule has 5 rings (SSSR count). The second kappa shape index (κ2) is 13.7. The average molecular weight is 671 g/mol. The molecular weight excluding hydrogens is 632 g/mol. The topological polar surface area (TPSA) is 87.7 Å². The lowest BCUT2D eigenvalue weighted by atomic mass is 9.85. The Morgan fingerprint density at radius 3 is 2.45 bits per heavy atom. The molecule has 3 aromatic rings. The molecule has 9 heteroatoms. The lowest BCUT2D eigenvalue weighted by molar-refractivity contribution is 0.186. The highest BCUT2D eigenvalue weighted by atomic mass is 79.9. The van der Waals surface area contributed by atoms with Crippen molar-refractivity contribution in [3.8, 4) is 5.75 Å². The van der Waals surface area contributed by atoms with Crippen LogP contribution < -0.4 is 15.4 Å². The summed E-state index contributed by atoms with van der Waals surface area (Å²) in [5.74, 6) is 0.747. The molecule has 5 atom stereocenters. The summed E-state index contributed by atoms with van der Waals surface area (Å²) in [4.78, 5) is 0.320. The van der Waals surface area contributed by atoms with E-state index < -0.39 is 15.1 Å². The minimum Gasteiger partial charge on any atom is -0.494 e. The van der Waals surface area contributed by atoms with Gasteiger partial charge in [0.2, 0.25) is 0 Å². The number of fused-ring (bicyclic) bond motifs is 3. The third-order valence-electron chi connectivity index (χ3n) is 7.73. The van der Waals surface area contributed by atoms with Gasteiger partial charge in [0.25, 0.3) is 0 Å². The van der Waals surface area contributed by atoms with E-state index in [0.29, 0.717) is 30.2 Å². The average Bonchev–Trinajstić information content (AvgIpc) is 3.49. The lowest BCUT2D eigenvalue weighted by Gasteiger charge is -2.34. The molecule has 0 spiro atoms. The van der Waals surface area contributed by atoms with Gasteiger partial charge in [0, 0.05) is 37.2 Å². The molecule has 2 saturated heterocycles. The summed E-state index contributed by atoms with van der Waals surface area (Å²) < 4.78 is 33.5. The number of hydrogen-bond donors (Lipinski definition) is 3. The highest BCUT2D eigenvalue weighted by Gasteiger charge is 2.57. The van der Waals surface area contributed by atoms with E-state index in [4.69, 9.17) is 4.74 Å². The van der Waals surface area contributed by atoms with E-state index in [-0.39, 0.29) is 64.6 Å². The number of rotatable bonds is 11. The van der Waals surface area contributed by atoms with Gasteiger partial charge in [-0.15, -0.1) is 34.0 Å². The first-order chi connectivity index (χ1) is 17.5. The quantitative estimate of drug-likeness (QED) is 0.243. The first-order valence-electron chi connectivity index (χ1n) is 13.1. The Hall–Kier alpha value is -1.49. The van der Waals surface area contributed by atoms with Crippen molar-refractivity contribution in [2.24, 2.45) is 5.92 Å². The first kappa shape index (κ1) is 31.0. The van der Waals surface area contributed by atoms with Crippen LogP contribution >= 0.6 is 34.0 Å². The third-order valence-corrected chi connectivity index (χ3v) is 9.99. The number of sulfone groups is 1. The zero-order chi connectivity index (χ0) is 25.1. The summed E-state index contributed by atoms with van der Waals surface area (Å²) >= 11 is 0. The Labute approximate surface area is 247 Å². The van der Waals surface area contributed by atoms with Gasteiger partial charge < -0.3 is 20.5 Å². The van der Waals surface area contributed by atoms with Crippen molar-refractivity contribution in [2.75, 3.05) is 13.2 Å². The molecule has 208 valence electrons. The second-order valence-electron chi connectivity index (χ2n) is 10.1. The number of hydrogen-bond acceptors (Lipinski definition) is 6. The van der Waals surface area contributed by atoms with Crippen molar-refractivity contribution in [1.29, 1.82) is 0 Å². The summed E-state index contributed by atoms with van der Waals surface area (Å²) in [5.41, 5.74) is 1.11. The van der Waals surface area contributed by atoms with E-state index in [1.165, 1.54) is 5.39 Å². The molecule has 0 radical (unpaired) electrons. The predicted octanol–water partition coefficient (Wildman–Crippen LogP) is 5.22. The maximum Gasteiger partial charge on any atom is 0.184 e. The van der Waals surface area contributed by atoms with Crippen LogP contribution in [0.3, 0.4) is 0 Å². The molecule has 2 heterocycles. The van der Waals surface area contributed by atoms with Crippen LogP contribution in [0.2, 0.25) is 0 Å². The van der Waals surface area contributed by atoms with Gasteiger partial charge in [0.05, 0.1) is 16.8 Å². The van der Waals surface area contributed by atoms with Crippen molar-refractivity contribution in [1.82, 2.24) is 10.6 Å². The molecule has 0 aliphatic carbocycles. The number of halogens is 2. The number of nitrogens with one attached hydrogen (secondary N) is 2. The maximum absolute atomic E-state index is 13.8. The highest BCUT2D eigenvalue weighted by Crippen LogP contribution is 2.39. The minimum atomic E-state index is -3.60. The van der Waals surface area contributed by atoms with Crippen molar-refractivity contribution in [2.45, 2.75) is 67.4 Å². The molecule has 6 nitrogen and oxygen atoms in total. The smallest absolute Gasteiger partial charge is 0.184 e. The lowest BCUT2D eigenvalue weighted by Crippen LogP contribution is -2.54. The fraction of sp³-hybridized carbons (Fsp3) is 0.448. The molecule has 3 aromatic carbocycles. The van der Waals surface area contributed by atoms with Crippen molar-refractivity contribution in [3.05, 3.63) is 72.3 Å². The Bertz CT molecular complexity index is 1290. The Morgan fingerprint density at radius 2 is 1.74 bits per heavy atom. The third kappa shape index (κ3) is 6.45. The fourth-order valence-corrected chi connectivity index (χ4v) is 7.96. The van der Waals surface area contributed by atoms with Gasteiger partial charge in [-0.2, -0.15) is 0 Å². The van der Waals surface area contributed by atoms with E-state index in [1.807, 2.05) is 12.1 Å². The number of aliphatic hydroxyl groups excluding tert-OH is 1. The summed E-state index contributed by atoms with van der Waals surface area (Å²) in [5, 5.41) is 18.7. The summed E-state index contributed by atoms with van der Waals surface area (Å²) in [6.45, 7) is 3.41. The van der Waals surface area contributed by atoms with Gasteiger partial charge in [0.1, 0.15) is 5.75 Å². The molecule has 3 N–H and O–H groups in total. The molecule has 38 heavy (non-hydrogen) atoms. The van der Waals surface area contributed by atoms with Crippen LogP contribution in [0.15, 0.2) is 71.6 Å². The Morgan fingerprint density at radius 1 is 1.00 bits per heavy atom. The van der Waals surface area contributed by atoms with E-state index >= 15 is 0 Å². The van der Waals surface area contributed by atoms with Gasteiger partial charge in [-0.1, -0.05) is 56.2 Å². The number of ether oxygens (including phenoxy) is 1. The van der Waals surface area contributed by atoms with Crippen LogP contribution in [-0.2, 0) is 16.4 Å². The fourth-order valence-electron chi connectivity index (χ4n) is 5.85. The highest BCUT2D eigenvalue weighted by molar-refractivity contribution is 8.93. The van der Waals surface area contributed by atoms with Gasteiger partial charge in [-0.25, -0.2) is 8.42 Å². The molecule has 0 unspecified atom stereocenters. The summed E-state index contributed by atoms with van der Waals surface area (Å²) in [6, 6.07) is 20.8. The van der Waals surface area contributed by atoms with Gasteiger partial charge in [-0.05, 0) is 59.5 Å². The van der Waals surface area contributed by atoms with Gasteiger partial charge in [0.15, 0.2) is 9.84 Å². The van der Waals surface area contributed by atoms with Crippen LogP contribution in [0, 0.1) is 5.92 Å². The molecule has 0 amide bonds. The van der Waals surface area contributed by atoms with E-state index in [1.54, 1.807) is 24.3 Å². The molecule has 0 saturated carbocycles. The van der Waals surface area contributed by atoms with Gasteiger partial charge >= 0.3 is 0 Å². The van der Waals surface area contributed by atoms with Gasteiger partial charge in [-0.3, -0.25) is 0 Å². The first-order valence-corrected chi connectivity index (χ1v) is 14.6. The number of benzene rings is 3. The van der Waals surface area contributed by atoms with Crippen LogP contribution in [0.1, 0.15) is 38.2 Å². The second-order valence-corrected chi connectivity index (χ2v) is 12.2. The molecule has 2 aliphatic heterocycles. The van der Waals surface area contributed by atoms with Crippen molar-refractivity contribution in [3.63, 3.8) is 0 Å². The molecule has 2 aliphatic rings. The number of aliphatic hydroxyl groups is 1. The zero-order valence-electron chi connectivity index (χ0n) is 21.6. The monoisotopic (exact) mass is 668 g/mol.